The molecule has 2 amide bonds. The Hall–Kier alpha value is -1.55. The summed E-state index contributed by atoms with van der Waals surface area (Å²) in [5.41, 5.74) is 0.729. The molecule has 22 heavy (non-hydrogen) atoms. The van der Waals surface area contributed by atoms with E-state index < -0.39 is 0 Å². The number of carbonyl (C=O) groups is 2. The molecular weight excluding hydrogens is 300 g/mol. The van der Waals surface area contributed by atoms with Gasteiger partial charge in [-0.05, 0) is 36.6 Å². The zero-order chi connectivity index (χ0) is 16.4. The fourth-order valence-electron chi connectivity index (χ4n) is 2.22. The van der Waals surface area contributed by atoms with Gasteiger partial charge in [0.2, 0.25) is 11.8 Å². The highest BCUT2D eigenvalue weighted by atomic mass is 35.5. The summed E-state index contributed by atoms with van der Waals surface area (Å²) in [6.45, 7) is 4.74. The Morgan fingerprint density at radius 2 is 1.86 bits per heavy atom. The van der Waals surface area contributed by atoms with Gasteiger partial charge in [0.05, 0.1) is 0 Å². The minimum Gasteiger partial charge on any atom is -0.356 e. The van der Waals surface area contributed by atoms with Gasteiger partial charge >= 0.3 is 0 Å². The van der Waals surface area contributed by atoms with Gasteiger partial charge in [0.15, 0.2) is 0 Å². The van der Waals surface area contributed by atoms with Crippen LogP contribution in [0.15, 0.2) is 24.3 Å². The summed E-state index contributed by atoms with van der Waals surface area (Å²) < 4.78 is 0. The second-order valence-electron chi connectivity index (χ2n) is 5.61. The Bertz CT molecular complexity index is 474. The van der Waals surface area contributed by atoms with Crippen LogP contribution in [0.1, 0.15) is 46.0 Å². The average Bonchev–Trinajstić information content (AvgIpc) is 2.46. The monoisotopic (exact) mass is 324 g/mol. The quantitative estimate of drug-likeness (QED) is 0.674. The third-order valence-corrected chi connectivity index (χ3v) is 3.60. The Labute approximate surface area is 137 Å². The van der Waals surface area contributed by atoms with Gasteiger partial charge in [-0.15, -0.1) is 0 Å². The Kier molecular flexibility index (Phi) is 8.60. The van der Waals surface area contributed by atoms with E-state index in [1.165, 1.54) is 0 Å². The molecule has 2 N–H and O–H groups in total. The van der Waals surface area contributed by atoms with Crippen molar-refractivity contribution in [2.24, 2.45) is 5.92 Å². The number of rotatable bonds is 9. The normalized spacial score (nSPS) is 11.8. The molecular formula is C17H25ClN2O2. The van der Waals surface area contributed by atoms with Crippen LogP contribution in [0.2, 0.25) is 5.02 Å². The number of benzene rings is 1. The minimum absolute atomic E-state index is 0.0593. The zero-order valence-corrected chi connectivity index (χ0v) is 14.1. The predicted molar refractivity (Wildman–Crippen MR) is 91.0 cm³/mol. The second-order valence-corrected chi connectivity index (χ2v) is 6.04. The highest BCUT2D eigenvalue weighted by Crippen LogP contribution is 2.13. The van der Waals surface area contributed by atoms with E-state index in [9.17, 15) is 9.59 Å². The summed E-state index contributed by atoms with van der Waals surface area (Å²) in [4.78, 5) is 23.4. The fourth-order valence-corrected chi connectivity index (χ4v) is 2.34. The standard InChI is InChI=1S/C17H25ClN2O2/c1-3-5-13(2)12-17(22)19-11-4-6-16(21)20-15-9-7-14(18)8-10-15/h7-10,13H,3-6,11-12H2,1-2H3,(H,19,22)(H,20,21). The molecule has 1 atom stereocenters. The topological polar surface area (TPSA) is 58.2 Å². The maximum Gasteiger partial charge on any atom is 0.224 e. The number of hydrogen-bond donors (Lipinski definition) is 2. The molecule has 0 aromatic heterocycles. The first-order valence-corrected chi connectivity index (χ1v) is 8.21. The van der Waals surface area contributed by atoms with E-state index in [1.807, 2.05) is 0 Å². The van der Waals surface area contributed by atoms with Crippen LogP contribution < -0.4 is 10.6 Å². The number of halogens is 1. The van der Waals surface area contributed by atoms with Crippen molar-refractivity contribution in [2.75, 3.05) is 11.9 Å². The average molecular weight is 325 g/mol. The molecule has 122 valence electrons. The van der Waals surface area contributed by atoms with Crippen LogP contribution in [0.25, 0.3) is 0 Å². The molecule has 0 heterocycles. The molecule has 1 rings (SSSR count). The molecule has 0 radical (unpaired) electrons. The van der Waals surface area contributed by atoms with Gasteiger partial charge in [-0.3, -0.25) is 9.59 Å². The zero-order valence-electron chi connectivity index (χ0n) is 13.3. The van der Waals surface area contributed by atoms with Crippen molar-refractivity contribution in [1.29, 1.82) is 0 Å². The molecule has 5 heteroatoms. The van der Waals surface area contributed by atoms with Crippen LogP contribution >= 0.6 is 11.6 Å². The summed E-state index contributed by atoms with van der Waals surface area (Å²) in [7, 11) is 0. The molecule has 0 bridgehead atoms. The fraction of sp³-hybridized carbons (Fsp3) is 0.529. The maximum atomic E-state index is 11.7. The third-order valence-electron chi connectivity index (χ3n) is 3.35. The van der Waals surface area contributed by atoms with Crippen LogP contribution in [0.3, 0.4) is 0 Å². The molecule has 0 aliphatic rings. The molecule has 0 saturated carbocycles. The largest absolute Gasteiger partial charge is 0.356 e. The SMILES string of the molecule is CCCC(C)CC(=O)NCCCC(=O)Nc1ccc(Cl)cc1. The maximum absolute atomic E-state index is 11.7. The van der Waals surface area contributed by atoms with Crippen LogP contribution in [0, 0.1) is 5.92 Å². The first kappa shape index (κ1) is 18.5. The molecule has 0 saturated heterocycles. The Morgan fingerprint density at radius 1 is 1.18 bits per heavy atom. The van der Waals surface area contributed by atoms with E-state index in [2.05, 4.69) is 24.5 Å². The van der Waals surface area contributed by atoms with Gasteiger partial charge in [0.25, 0.3) is 0 Å². The number of amides is 2. The highest BCUT2D eigenvalue weighted by Gasteiger charge is 2.08. The molecule has 0 spiro atoms. The van der Waals surface area contributed by atoms with E-state index in [-0.39, 0.29) is 11.8 Å². The van der Waals surface area contributed by atoms with Crippen molar-refractivity contribution in [3.8, 4) is 0 Å². The molecule has 4 nitrogen and oxygen atoms in total. The summed E-state index contributed by atoms with van der Waals surface area (Å²) in [6, 6.07) is 6.98. The first-order valence-electron chi connectivity index (χ1n) is 7.83. The van der Waals surface area contributed by atoms with Crippen molar-refractivity contribution < 1.29 is 9.59 Å². The Morgan fingerprint density at radius 3 is 2.50 bits per heavy atom. The van der Waals surface area contributed by atoms with Crippen molar-refractivity contribution in [3.63, 3.8) is 0 Å². The van der Waals surface area contributed by atoms with Crippen LogP contribution in [0.5, 0.6) is 0 Å². The van der Waals surface area contributed by atoms with Gasteiger partial charge in [-0.1, -0.05) is 38.3 Å². The lowest BCUT2D eigenvalue weighted by Gasteiger charge is -2.10. The molecule has 0 aliphatic heterocycles. The van der Waals surface area contributed by atoms with Gasteiger partial charge < -0.3 is 10.6 Å². The van der Waals surface area contributed by atoms with Gasteiger partial charge in [0, 0.05) is 30.1 Å². The highest BCUT2D eigenvalue weighted by molar-refractivity contribution is 6.30. The van der Waals surface area contributed by atoms with E-state index in [0.717, 1.165) is 18.5 Å². The van der Waals surface area contributed by atoms with E-state index in [0.29, 0.717) is 36.7 Å². The van der Waals surface area contributed by atoms with Crippen LogP contribution in [-0.4, -0.2) is 18.4 Å². The van der Waals surface area contributed by atoms with Crippen LogP contribution in [-0.2, 0) is 9.59 Å². The molecule has 0 fully saturated rings. The smallest absolute Gasteiger partial charge is 0.224 e. The van der Waals surface area contributed by atoms with Crippen molar-refractivity contribution in [3.05, 3.63) is 29.3 Å². The predicted octanol–water partition coefficient (Wildman–Crippen LogP) is 4.00. The number of carbonyl (C=O) groups excluding carboxylic acids is 2. The molecule has 1 unspecified atom stereocenters. The van der Waals surface area contributed by atoms with Gasteiger partial charge in [-0.2, -0.15) is 0 Å². The minimum atomic E-state index is -0.0593. The molecule has 0 aliphatic carbocycles. The lowest BCUT2D eigenvalue weighted by Crippen LogP contribution is -2.26. The molecule has 1 aromatic carbocycles. The Balaban J connectivity index is 2.14. The number of hydrogen-bond acceptors (Lipinski definition) is 2. The van der Waals surface area contributed by atoms with E-state index in [1.54, 1.807) is 24.3 Å². The summed E-state index contributed by atoms with van der Waals surface area (Å²) in [5, 5.41) is 6.30. The van der Waals surface area contributed by atoms with E-state index >= 15 is 0 Å². The number of anilines is 1. The van der Waals surface area contributed by atoms with Crippen molar-refractivity contribution >= 4 is 29.1 Å². The first-order chi connectivity index (χ1) is 10.5. The van der Waals surface area contributed by atoms with E-state index in [4.69, 9.17) is 11.6 Å². The number of nitrogens with one attached hydrogen (secondary N) is 2. The summed E-state index contributed by atoms with van der Waals surface area (Å²) in [6.07, 6.45) is 3.74. The second kappa shape index (κ2) is 10.2. The summed E-state index contributed by atoms with van der Waals surface area (Å²) in [5.74, 6) is 0.424. The van der Waals surface area contributed by atoms with Gasteiger partial charge in [-0.25, -0.2) is 0 Å². The lowest BCUT2D eigenvalue weighted by molar-refractivity contribution is -0.122. The lowest BCUT2D eigenvalue weighted by atomic mass is 10.0. The van der Waals surface area contributed by atoms with Gasteiger partial charge in [0.1, 0.15) is 0 Å². The summed E-state index contributed by atoms with van der Waals surface area (Å²) >= 11 is 5.78. The molecule has 1 aromatic rings. The van der Waals surface area contributed by atoms with Crippen molar-refractivity contribution in [2.45, 2.75) is 46.0 Å². The van der Waals surface area contributed by atoms with Crippen molar-refractivity contribution in [1.82, 2.24) is 5.32 Å². The van der Waals surface area contributed by atoms with Crippen LogP contribution in [0.4, 0.5) is 5.69 Å². The third kappa shape index (κ3) is 8.03.